The molecule has 9 nitrogen and oxygen atoms in total. The molecule has 0 amide bonds. The van der Waals surface area contributed by atoms with Crippen molar-refractivity contribution in [2.75, 3.05) is 12.0 Å². The molecule has 1 fully saturated rings. The predicted octanol–water partition coefficient (Wildman–Crippen LogP) is -1.37. The second-order valence-corrected chi connectivity index (χ2v) is 5.98. The monoisotopic (exact) mass is 313 g/mol. The second kappa shape index (κ2) is 5.37. The fourth-order valence-electron chi connectivity index (χ4n) is 2.74. The fraction of sp³-hybridized carbons (Fsp3) is 0.636. The summed E-state index contributed by atoms with van der Waals surface area (Å²) in [4.78, 5) is 27.6. The number of aromatic amines is 2. The fourth-order valence-corrected chi connectivity index (χ4v) is 3.39. The van der Waals surface area contributed by atoms with Crippen molar-refractivity contribution in [3.05, 3.63) is 26.5 Å². The number of hydrogen-bond acceptors (Lipinski definition) is 8. The van der Waals surface area contributed by atoms with Crippen molar-refractivity contribution >= 4 is 17.4 Å². The van der Waals surface area contributed by atoms with Gasteiger partial charge in [0.15, 0.2) is 5.69 Å². The number of rotatable bonds is 3. The molecular formula is C11H15N5O4S. The first-order valence-corrected chi connectivity index (χ1v) is 7.80. The van der Waals surface area contributed by atoms with E-state index in [0.29, 0.717) is 5.75 Å². The number of fused-ring (bicyclic) bond motifs is 1. The smallest absolute Gasteiger partial charge is 0.326 e. The van der Waals surface area contributed by atoms with Crippen LogP contribution in [0, 0.1) is 0 Å². The van der Waals surface area contributed by atoms with Gasteiger partial charge in [0.1, 0.15) is 6.04 Å². The van der Waals surface area contributed by atoms with Crippen molar-refractivity contribution in [2.24, 2.45) is 10.2 Å². The quantitative estimate of drug-likeness (QED) is 0.466. The van der Waals surface area contributed by atoms with Crippen molar-refractivity contribution in [2.45, 2.75) is 30.3 Å². The van der Waals surface area contributed by atoms with Gasteiger partial charge in [0, 0.05) is 11.8 Å². The molecule has 0 aromatic carbocycles. The van der Waals surface area contributed by atoms with Crippen LogP contribution in [0.5, 0.6) is 0 Å². The van der Waals surface area contributed by atoms with Gasteiger partial charge in [-0.25, -0.2) is 4.79 Å². The van der Waals surface area contributed by atoms with E-state index in [1.165, 1.54) is 11.8 Å². The maximum Gasteiger partial charge on any atom is 0.326 e. The first-order valence-electron chi connectivity index (χ1n) is 6.41. The van der Waals surface area contributed by atoms with E-state index >= 15 is 0 Å². The van der Waals surface area contributed by atoms with Gasteiger partial charge in [-0.1, -0.05) is 0 Å². The molecule has 2 aliphatic heterocycles. The Hall–Kier alpha value is -1.49. The van der Waals surface area contributed by atoms with E-state index < -0.39 is 35.5 Å². The number of aliphatic hydroxyl groups is 2. The van der Waals surface area contributed by atoms with Gasteiger partial charge in [-0.15, -0.1) is 5.11 Å². The molecule has 0 aliphatic carbocycles. The Morgan fingerprint density at radius 3 is 2.71 bits per heavy atom. The lowest BCUT2D eigenvalue weighted by molar-refractivity contribution is 0.0271. The van der Waals surface area contributed by atoms with Crippen molar-refractivity contribution in [3.8, 4) is 0 Å². The lowest BCUT2D eigenvalue weighted by Gasteiger charge is -2.19. The molecule has 1 aromatic heterocycles. The first-order chi connectivity index (χ1) is 10.0. The van der Waals surface area contributed by atoms with E-state index in [9.17, 15) is 19.8 Å². The Labute approximate surface area is 122 Å². The Kier molecular flexibility index (Phi) is 3.69. The summed E-state index contributed by atoms with van der Waals surface area (Å²) in [5, 5.41) is 31.1. The van der Waals surface area contributed by atoms with Crippen LogP contribution in [-0.2, 0) is 0 Å². The number of aromatic nitrogens is 2. The van der Waals surface area contributed by atoms with E-state index in [1.54, 1.807) is 0 Å². The molecule has 10 heteroatoms. The Bertz CT molecular complexity index is 686. The van der Waals surface area contributed by atoms with Crippen LogP contribution in [0.4, 0.5) is 5.69 Å². The molecule has 3 rings (SSSR count). The lowest BCUT2D eigenvalue weighted by Crippen LogP contribution is -2.39. The van der Waals surface area contributed by atoms with Gasteiger partial charge in [0.05, 0.1) is 23.9 Å². The van der Waals surface area contributed by atoms with Crippen LogP contribution in [0.3, 0.4) is 0 Å². The first kappa shape index (κ1) is 14.4. The number of nitrogens with one attached hydrogen (secondary N) is 3. The van der Waals surface area contributed by atoms with Crippen LogP contribution in [0.2, 0.25) is 0 Å². The highest BCUT2D eigenvalue weighted by Gasteiger charge is 2.47. The molecule has 2 aliphatic rings. The molecule has 1 aromatic rings. The van der Waals surface area contributed by atoms with E-state index in [-0.39, 0.29) is 17.4 Å². The minimum atomic E-state index is -1.06. The topological polar surface area (TPSA) is 143 Å². The molecule has 5 atom stereocenters. The molecule has 0 saturated carbocycles. The predicted molar refractivity (Wildman–Crippen MR) is 76.0 cm³/mol. The summed E-state index contributed by atoms with van der Waals surface area (Å²) >= 11 is 1.54. The van der Waals surface area contributed by atoms with Crippen molar-refractivity contribution in [1.82, 2.24) is 15.3 Å². The van der Waals surface area contributed by atoms with Gasteiger partial charge in [-0.05, 0) is 6.26 Å². The van der Waals surface area contributed by atoms with Crippen LogP contribution in [-0.4, -0.2) is 56.5 Å². The normalized spacial score (nSPS) is 34.3. The molecule has 21 heavy (non-hydrogen) atoms. The summed E-state index contributed by atoms with van der Waals surface area (Å²) in [6, 6.07) is -1.60. The number of azo groups is 1. The Balaban J connectivity index is 1.93. The Morgan fingerprint density at radius 1 is 1.24 bits per heavy atom. The highest BCUT2D eigenvalue weighted by atomic mass is 32.2. The van der Waals surface area contributed by atoms with Gasteiger partial charge in [0.2, 0.25) is 0 Å². The molecule has 3 heterocycles. The van der Waals surface area contributed by atoms with Crippen LogP contribution in [0.25, 0.3) is 0 Å². The van der Waals surface area contributed by atoms with Gasteiger partial charge in [0.25, 0.3) is 5.56 Å². The number of nitrogens with zero attached hydrogens (tertiary/aromatic N) is 2. The lowest BCUT2D eigenvalue weighted by atomic mass is 10.00. The third kappa shape index (κ3) is 2.33. The zero-order valence-electron chi connectivity index (χ0n) is 11.1. The van der Waals surface area contributed by atoms with Gasteiger partial charge < -0.3 is 20.5 Å². The van der Waals surface area contributed by atoms with E-state index in [1.807, 2.05) is 6.26 Å². The Morgan fingerprint density at radius 2 is 2.00 bits per heavy atom. The minimum absolute atomic E-state index is 0.0383. The van der Waals surface area contributed by atoms with Crippen LogP contribution < -0.4 is 16.6 Å². The zero-order chi connectivity index (χ0) is 15.1. The SMILES string of the molecule is CSC[C@@H]1N[C@H](C2N=Nc3c2[nH]c(=O)[nH]c3=O)[C@@H](O)[C@H]1O. The third-order valence-electron chi connectivity index (χ3n) is 3.75. The molecule has 5 N–H and O–H groups in total. The number of H-pyrrole nitrogens is 2. The summed E-state index contributed by atoms with van der Waals surface area (Å²) in [5.74, 6) is 0.622. The molecule has 114 valence electrons. The highest BCUT2D eigenvalue weighted by Crippen LogP contribution is 2.36. The van der Waals surface area contributed by atoms with Gasteiger partial charge >= 0.3 is 5.69 Å². The van der Waals surface area contributed by atoms with Crippen molar-refractivity contribution in [1.29, 1.82) is 0 Å². The number of thioether (sulfide) groups is 1. The highest BCUT2D eigenvalue weighted by molar-refractivity contribution is 7.98. The third-order valence-corrected chi connectivity index (χ3v) is 4.44. The second-order valence-electron chi connectivity index (χ2n) is 5.07. The maximum absolute atomic E-state index is 11.6. The molecule has 1 unspecified atom stereocenters. The van der Waals surface area contributed by atoms with E-state index in [4.69, 9.17) is 0 Å². The van der Waals surface area contributed by atoms with Crippen LogP contribution >= 0.6 is 11.8 Å². The zero-order valence-corrected chi connectivity index (χ0v) is 11.9. The average Bonchev–Trinajstić information content (AvgIpc) is 2.96. The standard InChI is InChI=1S/C11H15N5O4S/c1-21-2-3-8(17)9(18)6(12-3)5-4-7(16-15-5)10(19)14-11(20)13-4/h3,5-6,8-9,12,17-18H,2H2,1H3,(H2,13,14,19,20)/t3-,5?,6+,8-,9+/m0/s1. The molecular weight excluding hydrogens is 298 g/mol. The molecule has 0 spiro atoms. The summed E-state index contributed by atoms with van der Waals surface area (Å²) in [6.07, 6.45) is -0.0920. The minimum Gasteiger partial charge on any atom is -0.389 e. The summed E-state index contributed by atoms with van der Waals surface area (Å²) in [5.41, 5.74) is -0.966. The summed E-state index contributed by atoms with van der Waals surface area (Å²) in [6.45, 7) is 0. The molecule has 0 bridgehead atoms. The number of hydrogen-bond donors (Lipinski definition) is 5. The van der Waals surface area contributed by atoms with Gasteiger partial charge in [-0.3, -0.25) is 9.78 Å². The summed E-state index contributed by atoms with van der Waals surface area (Å²) in [7, 11) is 0. The summed E-state index contributed by atoms with van der Waals surface area (Å²) < 4.78 is 0. The molecule has 0 radical (unpaired) electrons. The van der Waals surface area contributed by atoms with Crippen LogP contribution in [0.15, 0.2) is 19.8 Å². The number of aliphatic hydroxyl groups excluding tert-OH is 2. The van der Waals surface area contributed by atoms with E-state index in [2.05, 4.69) is 25.5 Å². The average molecular weight is 313 g/mol. The molecule has 1 saturated heterocycles. The maximum atomic E-state index is 11.6. The van der Waals surface area contributed by atoms with Crippen molar-refractivity contribution < 1.29 is 10.2 Å². The van der Waals surface area contributed by atoms with Gasteiger partial charge in [-0.2, -0.15) is 16.9 Å². The van der Waals surface area contributed by atoms with E-state index in [0.717, 1.165) is 0 Å². The van der Waals surface area contributed by atoms with Crippen molar-refractivity contribution in [3.63, 3.8) is 0 Å². The largest absolute Gasteiger partial charge is 0.389 e. The van der Waals surface area contributed by atoms with Crippen LogP contribution in [0.1, 0.15) is 11.7 Å².